The summed E-state index contributed by atoms with van der Waals surface area (Å²) in [5.41, 5.74) is 1.41. The third-order valence-corrected chi connectivity index (χ3v) is 1.42. The second-order valence-corrected chi connectivity index (χ2v) is 2.62. The quantitative estimate of drug-likeness (QED) is 0.427. The molecule has 0 aromatic heterocycles. The van der Waals surface area contributed by atoms with Gasteiger partial charge in [0.05, 0.1) is 0 Å². The van der Waals surface area contributed by atoms with E-state index in [2.05, 4.69) is 38.2 Å². The fourth-order valence-electron chi connectivity index (χ4n) is 0.764. The molecule has 0 rings (SSSR count). The van der Waals surface area contributed by atoms with E-state index in [0.29, 0.717) is 0 Å². The van der Waals surface area contributed by atoms with Crippen molar-refractivity contribution in [3.8, 4) is 0 Å². The predicted molar refractivity (Wildman–Crippen MR) is 64.0 cm³/mol. The normalized spacial score (nSPS) is 11.9. The molecule has 76 valence electrons. The first-order valence-electron chi connectivity index (χ1n) is 5.24. The van der Waals surface area contributed by atoms with E-state index in [9.17, 15) is 0 Å². The van der Waals surface area contributed by atoms with Crippen LogP contribution in [0.2, 0.25) is 0 Å². The molecule has 0 saturated carbocycles. The lowest BCUT2D eigenvalue weighted by Crippen LogP contribution is -1.70. The molecule has 0 aromatic rings. The second-order valence-electron chi connectivity index (χ2n) is 2.62. The Morgan fingerprint density at radius 3 is 2.23 bits per heavy atom. The van der Waals surface area contributed by atoms with Crippen molar-refractivity contribution in [2.45, 2.75) is 47.5 Å². The molecule has 0 aliphatic rings. The molecule has 0 heteroatoms. The maximum Gasteiger partial charge on any atom is -0.0138 e. The molecule has 0 radical (unpaired) electrons. The van der Waals surface area contributed by atoms with Crippen LogP contribution in [-0.2, 0) is 0 Å². The van der Waals surface area contributed by atoms with Crippen molar-refractivity contribution in [1.82, 2.24) is 0 Å². The van der Waals surface area contributed by atoms with E-state index in [1.54, 1.807) is 0 Å². The molecule has 0 atom stereocenters. The molecule has 0 spiro atoms. The standard InChI is InChI=1S/C11H18.C2H6/c1-4-6-8-10-11(3)9-7-5-2;1-2/h5-9H,4,10H2,1-3H3;1-2H3/b7-5-,8-6-,11-9?;. The first kappa shape index (κ1) is 14.7. The van der Waals surface area contributed by atoms with Gasteiger partial charge in [-0.3, -0.25) is 0 Å². The van der Waals surface area contributed by atoms with Gasteiger partial charge >= 0.3 is 0 Å². The van der Waals surface area contributed by atoms with Gasteiger partial charge in [-0.2, -0.15) is 0 Å². The largest absolute Gasteiger partial charge is 0.0885 e. The van der Waals surface area contributed by atoms with Crippen molar-refractivity contribution in [2.75, 3.05) is 0 Å². The lowest BCUT2D eigenvalue weighted by molar-refractivity contribution is 1.16. The Labute approximate surface area is 84.1 Å². The van der Waals surface area contributed by atoms with Gasteiger partial charge in [-0.15, -0.1) is 0 Å². The third-order valence-electron chi connectivity index (χ3n) is 1.42. The van der Waals surface area contributed by atoms with Crippen LogP contribution in [-0.4, -0.2) is 0 Å². The Morgan fingerprint density at radius 1 is 1.15 bits per heavy atom. The number of hydrogen-bond donors (Lipinski definition) is 0. The van der Waals surface area contributed by atoms with E-state index in [1.807, 2.05) is 26.8 Å². The Bertz CT molecular complexity index is 159. The first-order chi connectivity index (χ1) is 6.31. The van der Waals surface area contributed by atoms with Crippen LogP contribution < -0.4 is 0 Å². The summed E-state index contributed by atoms with van der Waals surface area (Å²) in [6.45, 7) is 10.3. The molecular weight excluding hydrogens is 156 g/mol. The topological polar surface area (TPSA) is 0 Å². The van der Waals surface area contributed by atoms with Gasteiger partial charge in [-0.1, -0.05) is 56.7 Å². The molecule has 0 heterocycles. The summed E-state index contributed by atoms with van der Waals surface area (Å²) in [6, 6.07) is 0. The van der Waals surface area contributed by atoms with Crippen LogP contribution in [0.3, 0.4) is 0 Å². The van der Waals surface area contributed by atoms with Crippen molar-refractivity contribution >= 4 is 0 Å². The smallest absolute Gasteiger partial charge is 0.0138 e. The number of hydrogen-bond acceptors (Lipinski definition) is 0. The zero-order chi connectivity index (χ0) is 10.5. The SMILES string of the molecule is C/C=C\C=C(C)C/C=C\CC.CC. The zero-order valence-corrected chi connectivity index (χ0v) is 9.80. The highest BCUT2D eigenvalue weighted by Gasteiger charge is 1.80. The summed E-state index contributed by atoms with van der Waals surface area (Å²) >= 11 is 0. The summed E-state index contributed by atoms with van der Waals surface area (Å²) in [5, 5.41) is 0. The van der Waals surface area contributed by atoms with E-state index in [4.69, 9.17) is 0 Å². The monoisotopic (exact) mass is 180 g/mol. The van der Waals surface area contributed by atoms with E-state index in [-0.39, 0.29) is 0 Å². The molecule has 0 aromatic carbocycles. The summed E-state index contributed by atoms with van der Waals surface area (Å²) in [4.78, 5) is 0. The van der Waals surface area contributed by atoms with Gasteiger partial charge in [0.25, 0.3) is 0 Å². The Balaban J connectivity index is 0. The summed E-state index contributed by atoms with van der Waals surface area (Å²) < 4.78 is 0. The maximum atomic E-state index is 2.22. The van der Waals surface area contributed by atoms with Crippen molar-refractivity contribution in [3.63, 3.8) is 0 Å². The van der Waals surface area contributed by atoms with Gasteiger partial charge in [0.1, 0.15) is 0 Å². The minimum Gasteiger partial charge on any atom is -0.0885 e. The molecule has 13 heavy (non-hydrogen) atoms. The molecule has 0 nitrogen and oxygen atoms in total. The Morgan fingerprint density at radius 2 is 1.77 bits per heavy atom. The summed E-state index contributed by atoms with van der Waals surface area (Å²) in [7, 11) is 0. The van der Waals surface area contributed by atoms with Crippen LogP contribution in [0, 0.1) is 0 Å². The minimum absolute atomic E-state index is 1.08. The fraction of sp³-hybridized carbons (Fsp3) is 0.538. The Kier molecular flexibility index (Phi) is 15.6. The van der Waals surface area contributed by atoms with E-state index < -0.39 is 0 Å². The van der Waals surface area contributed by atoms with Gasteiger partial charge in [0.2, 0.25) is 0 Å². The average Bonchev–Trinajstić information content (AvgIpc) is 2.18. The van der Waals surface area contributed by atoms with Crippen molar-refractivity contribution < 1.29 is 0 Å². The van der Waals surface area contributed by atoms with Gasteiger partial charge in [0, 0.05) is 0 Å². The average molecular weight is 180 g/mol. The fourth-order valence-corrected chi connectivity index (χ4v) is 0.764. The highest BCUT2D eigenvalue weighted by atomic mass is 13.9. The first-order valence-corrected chi connectivity index (χ1v) is 5.24. The van der Waals surface area contributed by atoms with E-state index in [1.165, 1.54) is 5.57 Å². The molecule has 0 saturated heterocycles. The van der Waals surface area contributed by atoms with E-state index in [0.717, 1.165) is 12.8 Å². The molecule has 0 amide bonds. The summed E-state index contributed by atoms with van der Waals surface area (Å²) in [5.74, 6) is 0. The van der Waals surface area contributed by atoms with Crippen LogP contribution in [0.1, 0.15) is 47.5 Å². The zero-order valence-electron chi connectivity index (χ0n) is 9.80. The lowest BCUT2D eigenvalue weighted by atomic mass is 10.2. The van der Waals surface area contributed by atoms with Crippen LogP contribution in [0.5, 0.6) is 0 Å². The van der Waals surface area contributed by atoms with Crippen LogP contribution in [0.15, 0.2) is 36.0 Å². The van der Waals surface area contributed by atoms with Crippen molar-refractivity contribution in [1.29, 1.82) is 0 Å². The minimum atomic E-state index is 1.08. The Hall–Kier alpha value is -0.780. The van der Waals surface area contributed by atoms with Gasteiger partial charge in [-0.05, 0) is 26.7 Å². The predicted octanol–water partition coefficient (Wildman–Crippen LogP) is 4.89. The highest BCUT2D eigenvalue weighted by molar-refractivity contribution is 5.12. The molecule has 0 aliphatic heterocycles. The third kappa shape index (κ3) is 14.1. The van der Waals surface area contributed by atoms with Crippen molar-refractivity contribution in [2.24, 2.45) is 0 Å². The van der Waals surface area contributed by atoms with Crippen LogP contribution in [0.4, 0.5) is 0 Å². The highest BCUT2D eigenvalue weighted by Crippen LogP contribution is 2.01. The van der Waals surface area contributed by atoms with Gasteiger partial charge < -0.3 is 0 Å². The number of allylic oxidation sites excluding steroid dienone is 6. The van der Waals surface area contributed by atoms with Crippen molar-refractivity contribution in [3.05, 3.63) is 36.0 Å². The van der Waals surface area contributed by atoms with Crippen LogP contribution >= 0.6 is 0 Å². The molecule has 0 aliphatic carbocycles. The second kappa shape index (κ2) is 13.8. The number of rotatable bonds is 4. The molecule has 0 fully saturated rings. The molecule has 0 unspecified atom stereocenters. The van der Waals surface area contributed by atoms with Gasteiger partial charge in [-0.25, -0.2) is 0 Å². The molecule has 0 bridgehead atoms. The van der Waals surface area contributed by atoms with Crippen LogP contribution in [0.25, 0.3) is 0 Å². The van der Waals surface area contributed by atoms with Gasteiger partial charge in [0.15, 0.2) is 0 Å². The lowest BCUT2D eigenvalue weighted by Gasteiger charge is -1.91. The maximum absolute atomic E-state index is 2.22. The molecular formula is C13H24. The molecule has 0 N–H and O–H groups in total. The van der Waals surface area contributed by atoms with E-state index >= 15 is 0 Å². The summed E-state index contributed by atoms with van der Waals surface area (Å²) in [6.07, 6.45) is 12.9.